The fraction of sp³-hybridized carbons (Fsp3) is 0.200. The first-order chi connectivity index (χ1) is 14.4. The molecule has 2 heterocycles. The minimum Gasteiger partial charge on any atom is -0.543 e. The zero-order valence-electron chi connectivity index (χ0n) is 15.8. The maximum atomic E-state index is 12.0. The Morgan fingerprint density at radius 2 is 1.67 bits per heavy atom. The second kappa shape index (κ2) is 9.05. The summed E-state index contributed by atoms with van der Waals surface area (Å²) in [7, 11) is 0. The second-order valence-corrected chi connectivity index (χ2v) is 6.45. The fourth-order valence-electron chi connectivity index (χ4n) is 3.18. The number of nitrogens with two attached hydrogens (primary N) is 1. The van der Waals surface area contributed by atoms with Gasteiger partial charge in [-0.25, -0.2) is 0 Å². The molecular weight excluding hydrogens is 392 g/mol. The van der Waals surface area contributed by atoms with Gasteiger partial charge in [0.05, 0.1) is 52.9 Å². The fourth-order valence-corrected chi connectivity index (χ4v) is 3.18. The van der Waals surface area contributed by atoms with E-state index in [0.29, 0.717) is 5.39 Å². The lowest BCUT2D eigenvalue weighted by Crippen LogP contribution is -2.42. The summed E-state index contributed by atoms with van der Waals surface area (Å²) < 4.78 is 5.39. The number of nitrogens with zero attached hydrogens (tertiary/aromatic N) is 1. The Morgan fingerprint density at radius 1 is 1.03 bits per heavy atom. The number of nitrogen functional groups attached to an aromatic ring is 1. The van der Waals surface area contributed by atoms with Crippen LogP contribution in [0.5, 0.6) is 0 Å². The summed E-state index contributed by atoms with van der Waals surface area (Å²) in [5, 5.41) is 25.1. The summed E-state index contributed by atoms with van der Waals surface area (Å²) in [5.74, 6) is -4.37. The largest absolute Gasteiger partial charge is 0.543 e. The number of aromatic amines is 2. The number of hydrogen-bond donors (Lipinski definition) is 2. The molecule has 4 rings (SSSR count). The third kappa shape index (κ3) is 4.55. The van der Waals surface area contributed by atoms with Crippen LogP contribution in [0.1, 0.15) is 0 Å². The normalized spacial score (nSPS) is 13.4. The Balaban J connectivity index is 0.000000377. The monoisotopic (exact) mass is 411 g/mol. The highest BCUT2D eigenvalue weighted by molar-refractivity contribution is 6.25. The van der Waals surface area contributed by atoms with Gasteiger partial charge in [0, 0.05) is 13.1 Å². The lowest BCUT2D eigenvalue weighted by atomic mass is 10.0. The topological polar surface area (TPSA) is 166 Å². The Morgan fingerprint density at radius 3 is 2.27 bits per heavy atom. The minimum absolute atomic E-state index is 0.132. The number of carbonyl (C=O) groups excluding carboxylic acids is 2. The molecule has 30 heavy (non-hydrogen) atoms. The molecule has 10 nitrogen and oxygen atoms in total. The number of fused-ring (bicyclic) bond motifs is 1. The van der Waals surface area contributed by atoms with Crippen LogP contribution in [0, 0.1) is 0 Å². The number of carbonyl (C=O) groups is 2. The summed E-state index contributed by atoms with van der Waals surface area (Å²) in [6, 6.07) is 13.5. The zero-order chi connectivity index (χ0) is 21.7. The van der Waals surface area contributed by atoms with Gasteiger partial charge < -0.3 is 35.2 Å². The van der Waals surface area contributed by atoms with Crippen LogP contribution in [0.2, 0.25) is 0 Å². The van der Waals surface area contributed by atoms with Crippen molar-refractivity contribution in [3.05, 3.63) is 52.8 Å². The summed E-state index contributed by atoms with van der Waals surface area (Å²) in [6.07, 6.45) is 0. The molecule has 1 aliphatic rings. The van der Waals surface area contributed by atoms with E-state index >= 15 is 0 Å². The molecule has 0 amide bonds. The van der Waals surface area contributed by atoms with Gasteiger partial charge in [0.1, 0.15) is 0 Å². The molecule has 1 saturated heterocycles. The summed E-state index contributed by atoms with van der Waals surface area (Å²) in [5.41, 5.74) is 9.70. The van der Waals surface area contributed by atoms with Gasteiger partial charge in [-0.3, -0.25) is 4.79 Å². The standard InChI is InChI=1S/C18H18N4O2.C2H2O4/c19-15-11-12(5-6-16(15)22-7-9-24-10-8-22)17-13-3-1-2-4-14(13)18(23)21-20-17;3-1(4)2(5)6/h1-6,11H,7-10,19H2,(H,21,23);(H,3,4)(H,5,6)/p-1. The first kappa shape index (κ1) is 20.8. The molecule has 0 unspecified atom stereocenters. The molecule has 0 radical (unpaired) electrons. The number of nitrogens with one attached hydrogen (secondary N) is 2. The number of morpholine rings is 1. The first-order valence-electron chi connectivity index (χ1n) is 9.06. The first-order valence-corrected chi connectivity index (χ1v) is 9.06. The molecule has 4 N–H and O–H groups in total. The van der Waals surface area contributed by atoms with Gasteiger partial charge in [-0.2, -0.15) is 0 Å². The smallest absolute Gasteiger partial charge is 0.305 e. The highest BCUT2D eigenvalue weighted by Gasteiger charge is 2.18. The molecule has 0 bridgehead atoms. The van der Waals surface area contributed by atoms with Crippen LogP contribution in [0.4, 0.5) is 11.4 Å². The minimum atomic E-state index is -2.19. The number of H-pyrrole nitrogens is 2. The van der Waals surface area contributed by atoms with Gasteiger partial charge in [-0.05, 0) is 30.3 Å². The molecular formula is C20H19N4O6-. The van der Waals surface area contributed by atoms with Crippen molar-refractivity contribution in [3.8, 4) is 11.3 Å². The van der Waals surface area contributed by atoms with Crippen LogP contribution in [-0.2, 0) is 14.3 Å². The number of carboxylic acid groups (broad SMARTS) is 2. The third-order valence-corrected chi connectivity index (χ3v) is 4.58. The molecule has 1 aliphatic heterocycles. The predicted molar refractivity (Wildman–Crippen MR) is 104 cm³/mol. The van der Waals surface area contributed by atoms with E-state index < -0.39 is 11.9 Å². The second-order valence-electron chi connectivity index (χ2n) is 6.45. The molecule has 2 aromatic carbocycles. The average molecular weight is 411 g/mol. The lowest BCUT2D eigenvalue weighted by molar-refractivity contribution is -0.443. The van der Waals surface area contributed by atoms with E-state index in [4.69, 9.17) is 30.3 Å². The molecule has 1 aromatic heterocycles. The van der Waals surface area contributed by atoms with Crippen LogP contribution < -0.4 is 31.5 Å². The maximum Gasteiger partial charge on any atom is 0.305 e. The van der Waals surface area contributed by atoms with Crippen LogP contribution in [-0.4, -0.2) is 43.3 Å². The summed E-state index contributed by atoms with van der Waals surface area (Å²) in [4.78, 5) is 32.0. The van der Waals surface area contributed by atoms with Gasteiger partial charge >= 0.3 is 5.56 Å². The number of benzene rings is 2. The Labute approximate surface area is 170 Å². The van der Waals surface area contributed by atoms with Crippen LogP contribution in [0.25, 0.3) is 22.0 Å². The molecule has 1 fully saturated rings. The Hall–Kier alpha value is -3.92. The van der Waals surface area contributed by atoms with Crippen molar-refractivity contribution in [2.24, 2.45) is 0 Å². The number of hydrogen-bond acceptors (Lipinski definition) is 8. The average Bonchev–Trinajstić information content (AvgIpc) is 2.75. The van der Waals surface area contributed by atoms with Crippen molar-refractivity contribution in [2.75, 3.05) is 36.9 Å². The van der Waals surface area contributed by atoms with Gasteiger partial charge in [0.15, 0.2) is 0 Å². The SMILES string of the molecule is Nc1cc(-c2[nH+][nH]c(=O)c3ccccc23)ccc1N1CCOCC1.O=C([O-])C(=O)[O-]. The molecule has 0 saturated carbocycles. The van der Waals surface area contributed by atoms with Gasteiger partial charge in [-0.1, -0.05) is 12.1 Å². The van der Waals surface area contributed by atoms with Crippen molar-refractivity contribution in [2.45, 2.75) is 0 Å². The number of aromatic nitrogens is 2. The molecule has 10 heteroatoms. The number of aliphatic carboxylic acids is 2. The van der Waals surface area contributed by atoms with E-state index in [1.165, 1.54) is 0 Å². The molecule has 0 aliphatic carbocycles. The Bertz CT molecular complexity index is 1130. The molecule has 0 atom stereocenters. The van der Waals surface area contributed by atoms with E-state index in [2.05, 4.69) is 15.1 Å². The van der Waals surface area contributed by atoms with Crippen molar-refractivity contribution in [1.82, 2.24) is 5.10 Å². The van der Waals surface area contributed by atoms with Gasteiger partial charge in [-0.15, -0.1) is 10.2 Å². The van der Waals surface area contributed by atoms with Gasteiger partial charge in [0.2, 0.25) is 5.69 Å². The van der Waals surface area contributed by atoms with Crippen LogP contribution in [0.3, 0.4) is 0 Å². The highest BCUT2D eigenvalue weighted by atomic mass is 16.5. The highest BCUT2D eigenvalue weighted by Crippen LogP contribution is 2.30. The van der Waals surface area contributed by atoms with Crippen molar-refractivity contribution < 1.29 is 29.6 Å². The van der Waals surface area contributed by atoms with Gasteiger partial charge in [0.25, 0.3) is 0 Å². The maximum absolute atomic E-state index is 12.0. The number of anilines is 2. The van der Waals surface area contributed by atoms with Crippen molar-refractivity contribution in [1.29, 1.82) is 0 Å². The van der Waals surface area contributed by atoms with E-state index in [-0.39, 0.29) is 5.56 Å². The van der Waals surface area contributed by atoms with Crippen LogP contribution in [0.15, 0.2) is 47.3 Å². The molecule has 0 spiro atoms. The summed E-state index contributed by atoms with van der Waals surface area (Å²) in [6.45, 7) is 3.13. The quantitative estimate of drug-likeness (QED) is 0.358. The Kier molecular flexibility index (Phi) is 6.28. The number of rotatable bonds is 2. The predicted octanol–water partition coefficient (Wildman–Crippen LogP) is -2.09. The van der Waals surface area contributed by atoms with Crippen molar-refractivity contribution >= 4 is 34.1 Å². The van der Waals surface area contributed by atoms with E-state index in [9.17, 15) is 4.79 Å². The summed E-state index contributed by atoms with van der Waals surface area (Å²) >= 11 is 0. The third-order valence-electron chi connectivity index (χ3n) is 4.58. The van der Waals surface area contributed by atoms with Crippen LogP contribution >= 0.6 is 0 Å². The van der Waals surface area contributed by atoms with E-state index in [0.717, 1.165) is 54.3 Å². The number of carboxylic acids is 2. The zero-order valence-corrected chi connectivity index (χ0v) is 15.8. The lowest BCUT2D eigenvalue weighted by Gasteiger charge is -2.29. The van der Waals surface area contributed by atoms with E-state index in [1.54, 1.807) is 0 Å². The number of ether oxygens (including phenoxy) is 1. The van der Waals surface area contributed by atoms with E-state index in [1.807, 2.05) is 42.5 Å². The molecule has 3 aromatic rings. The molecule has 156 valence electrons. The van der Waals surface area contributed by atoms with Crippen molar-refractivity contribution in [3.63, 3.8) is 0 Å².